The molecule has 4 rings (SSSR count). The number of hydrogen-bond donors (Lipinski definition) is 0. The summed E-state index contributed by atoms with van der Waals surface area (Å²) >= 11 is 0. The fourth-order valence-electron chi connectivity index (χ4n) is 3.23. The normalized spacial score (nSPS) is 15.9. The molecule has 0 unspecified atom stereocenters. The van der Waals surface area contributed by atoms with Crippen LogP contribution in [0.25, 0.3) is 0 Å². The number of halogens is 6. The summed E-state index contributed by atoms with van der Waals surface area (Å²) in [4.78, 5) is 14.3. The first-order chi connectivity index (χ1) is 14.0. The van der Waals surface area contributed by atoms with Crippen LogP contribution >= 0.6 is 0 Å². The molecule has 0 bridgehead atoms. The first-order valence-electron chi connectivity index (χ1n) is 9.01. The standard InChI is InChI=1S/C20H15F6NO3/c21-19(22,23)13-6-12(7-14(8-13)20(24,25)26)18(28)27(15-2-3-15)9-11-1-4-16-17(5-11)30-10-29-16/h1,4-8,15H,2-3,9-10H2. The number of fused-ring (bicyclic) bond motifs is 1. The molecule has 1 saturated carbocycles. The van der Waals surface area contributed by atoms with Crippen molar-refractivity contribution in [2.24, 2.45) is 0 Å². The zero-order chi connectivity index (χ0) is 21.7. The van der Waals surface area contributed by atoms with E-state index in [0.717, 1.165) is 0 Å². The van der Waals surface area contributed by atoms with Gasteiger partial charge in [0.05, 0.1) is 11.1 Å². The molecule has 0 aromatic heterocycles. The van der Waals surface area contributed by atoms with E-state index < -0.39 is 35.0 Å². The highest BCUT2D eigenvalue weighted by molar-refractivity contribution is 5.95. The average molecular weight is 431 g/mol. The molecule has 4 nitrogen and oxygen atoms in total. The van der Waals surface area contributed by atoms with Gasteiger partial charge in [-0.05, 0) is 48.7 Å². The zero-order valence-corrected chi connectivity index (χ0v) is 15.3. The number of benzene rings is 2. The Labute approximate surface area is 167 Å². The Morgan fingerprint density at radius 1 is 0.900 bits per heavy atom. The van der Waals surface area contributed by atoms with Gasteiger partial charge >= 0.3 is 12.4 Å². The number of carbonyl (C=O) groups is 1. The predicted molar refractivity (Wildman–Crippen MR) is 91.9 cm³/mol. The molecule has 0 radical (unpaired) electrons. The van der Waals surface area contributed by atoms with Crippen LogP contribution in [0.15, 0.2) is 36.4 Å². The monoisotopic (exact) mass is 431 g/mol. The van der Waals surface area contributed by atoms with Crippen molar-refractivity contribution in [2.75, 3.05) is 6.79 Å². The third-order valence-electron chi connectivity index (χ3n) is 4.87. The van der Waals surface area contributed by atoms with Crippen LogP contribution in [0.1, 0.15) is 39.9 Å². The third-order valence-corrected chi connectivity index (χ3v) is 4.87. The summed E-state index contributed by atoms with van der Waals surface area (Å²) in [5.41, 5.74) is -3.05. The highest BCUT2D eigenvalue weighted by Gasteiger charge is 2.39. The molecular weight excluding hydrogens is 416 g/mol. The minimum absolute atomic E-state index is 0.0100. The lowest BCUT2D eigenvalue weighted by Crippen LogP contribution is -2.33. The first kappa shape index (κ1) is 20.4. The van der Waals surface area contributed by atoms with E-state index in [0.29, 0.717) is 42.0 Å². The molecule has 0 atom stereocenters. The fourth-order valence-corrected chi connectivity index (χ4v) is 3.23. The van der Waals surface area contributed by atoms with Gasteiger partial charge in [-0.15, -0.1) is 0 Å². The molecule has 2 aromatic carbocycles. The Morgan fingerprint density at radius 3 is 2.07 bits per heavy atom. The second-order valence-corrected chi connectivity index (χ2v) is 7.15. The van der Waals surface area contributed by atoms with Gasteiger partial charge < -0.3 is 14.4 Å². The zero-order valence-electron chi connectivity index (χ0n) is 15.3. The summed E-state index contributed by atoms with van der Waals surface area (Å²) in [5, 5.41) is 0. The smallest absolute Gasteiger partial charge is 0.416 e. The molecule has 160 valence electrons. The van der Waals surface area contributed by atoms with Crippen molar-refractivity contribution in [3.63, 3.8) is 0 Å². The van der Waals surface area contributed by atoms with Gasteiger partial charge in [0, 0.05) is 18.2 Å². The second kappa shape index (κ2) is 7.10. The van der Waals surface area contributed by atoms with Crippen molar-refractivity contribution in [3.05, 3.63) is 58.7 Å². The fraction of sp³-hybridized carbons (Fsp3) is 0.350. The lowest BCUT2D eigenvalue weighted by molar-refractivity contribution is -0.143. The molecule has 0 saturated heterocycles. The van der Waals surface area contributed by atoms with Crippen LogP contribution in [0, 0.1) is 0 Å². The Bertz CT molecular complexity index is 949. The van der Waals surface area contributed by atoms with Crippen molar-refractivity contribution in [1.29, 1.82) is 0 Å². The molecule has 0 N–H and O–H groups in total. The van der Waals surface area contributed by atoms with Gasteiger partial charge in [-0.25, -0.2) is 0 Å². The summed E-state index contributed by atoms with van der Waals surface area (Å²) in [5.74, 6) is 0.108. The van der Waals surface area contributed by atoms with E-state index in [4.69, 9.17) is 9.47 Å². The largest absolute Gasteiger partial charge is 0.454 e. The molecule has 10 heteroatoms. The molecule has 2 aliphatic rings. The molecule has 30 heavy (non-hydrogen) atoms. The molecule has 1 fully saturated rings. The minimum Gasteiger partial charge on any atom is -0.454 e. The first-order valence-corrected chi connectivity index (χ1v) is 9.01. The number of alkyl halides is 6. The maximum absolute atomic E-state index is 13.1. The molecule has 1 aliphatic carbocycles. The van der Waals surface area contributed by atoms with E-state index in [-0.39, 0.29) is 25.4 Å². The second-order valence-electron chi connectivity index (χ2n) is 7.15. The number of hydrogen-bond acceptors (Lipinski definition) is 3. The maximum Gasteiger partial charge on any atom is 0.416 e. The Balaban J connectivity index is 1.67. The van der Waals surface area contributed by atoms with E-state index >= 15 is 0 Å². The van der Waals surface area contributed by atoms with Gasteiger partial charge in [0.25, 0.3) is 5.91 Å². The van der Waals surface area contributed by atoms with E-state index in [1.54, 1.807) is 18.2 Å². The van der Waals surface area contributed by atoms with Gasteiger partial charge in [0.1, 0.15) is 0 Å². The van der Waals surface area contributed by atoms with Crippen LogP contribution in [-0.2, 0) is 18.9 Å². The van der Waals surface area contributed by atoms with Crippen molar-refractivity contribution < 1.29 is 40.6 Å². The quantitative estimate of drug-likeness (QED) is 0.621. The van der Waals surface area contributed by atoms with Crippen molar-refractivity contribution in [2.45, 2.75) is 37.8 Å². The highest BCUT2D eigenvalue weighted by atomic mass is 19.4. The van der Waals surface area contributed by atoms with Crippen LogP contribution in [-0.4, -0.2) is 23.6 Å². The lowest BCUT2D eigenvalue weighted by Gasteiger charge is -2.24. The molecule has 1 heterocycles. The Hall–Kier alpha value is -2.91. The van der Waals surface area contributed by atoms with E-state index in [1.807, 2.05) is 0 Å². The van der Waals surface area contributed by atoms with Crippen LogP contribution in [0.3, 0.4) is 0 Å². The van der Waals surface area contributed by atoms with Crippen LogP contribution in [0.5, 0.6) is 11.5 Å². The van der Waals surface area contributed by atoms with Crippen molar-refractivity contribution >= 4 is 5.91 Å². The summed E-state index contributed by atoms with van der Waals surface area (Å²) in [7, 11) is 0. The predicted octanol–water partition coefficient (Wildman–Crippen LogP) is 5.26. The van der Waals surface area contributed by atoms with Crippen molar-refractivity contribution in [3.8, 4) is 11.5 Å². The summed E-state index contributed by atoms with van der Waals surface area (Å²) in [6, 6.07) is 5.64. The number of rotatable bonds is 4. The van der Waals surface area contributed by atoms with Gasteiger partial charge in [-0.2, -0.15) is 26.3 Å². The Morgan fingerprint density at radius 2 is 1.50 bits per heavy atom. The molecular formula is C20H15F6NO3. The highest BCUT2D eigenvalue weighted by Crippen LogP contribution is 2.38. The van der Waals surface area contributed by atoms with Gasteiger partial charge in [0.15, 0.2) is 11.5 Å². The summed E-state index contributed by atoms with van der Waals surface area (Å²) in [6.45, 7) is 0.0756. The number of amides is 1. The lowest BCUT2D eigenvalue weighted by atomic mass is 10.0. The molecule has 2 aromatic rings. The van der Waals surface area contributed by atoms with Gasteiger partial charge in [-0.3, -0.25) is 4.79 Å². The van der Waals surface area contributed by atoms with Gasteiger partial charge in [0.2, 0.25) is 6.79 Å². The van der Waals surface area contributed by atoms with E-state index in [2.05, 4.69) is 0 Å². The summed E-state index contributed by atoms with van der Waals surface area (Å²) < 4.78 is 89.2. The molecule has 0 spiro atoms. The SMILES string of the molecule is O=C(c1cc(C(F)(F)F)cc(C(F)(F)F)c1)N(Cc1ccc2c(c1)OCO2)C1CC1. The van der Waals surface area contributed by atoms with Crippen molar-refractivity contribution in [1.82, 2.24) is 4.90 Å². The summed E-state index contributed by atoms with van der Waals surface area (Å²) in [6.07, 6.45) is -8.78. The maximum atomic E-state index is 13.1. The number of ether oxygens (including phenoxy) is 2. The average Bonchev–Trinajstić information content (AvgIpc) is 3.40. The number of nitrogens with zero attached hydrogens (tertiary/aromatic N) is 1. The Kier molecular flexibility index (Phi) is 4.82. The minimum atomic E-state index is -5.02. The van der Waals surface area contributed by atoms with Crippen LogP contribution in [0.4, 0.5) is 26.3 Å². The van der Waals surface area contributed by atoms with E-state index in [9.17, 15) is 31.1 Å². The topological polar surface area (TPSA) is 38.8 Å². The van der Waals surface area contributed by atoms with Crippen LogP contribution in [0.2, 0.25) is 0 Å². The van der Waals surface area contributed by atoms with Crippen LogP contribution < -0.4 is 9.47 Å². The third kappa shape index (κ3) is 4.17. The number of carbonyl (C=O) groups excluding carboxylic acids is 1. The van der Waals surface area contributed by atoms with E-state index in [1.165, 1.54) is 4.90 Å². The molecule has 1 aliphatic heterocycles. The molecule has 1 amide bonds. The van der Waals surface area contributed by atoms with Gasteiger partial charge in [-0.1, -0.05) is 6.07 Å².